The average Bonchev–Trinajstić information content (AvgIpc) is 2.33. The summed E-state index contributed by atoms with van der Waals surface area (Å²) in [5.74, 6) is 2.01. The van der Waals surface area contributed by atoms with E-state index in [1.165, 1.54) is 12.1 Å². The predicted octanol–water partition coefficient (Wildman–Crippen LogP) is 2.25. The van der Waals surface area contributed by atoms with Gasteiger partial charge in [0.2, 0.25) is 0 Å². The van der Waals surface area contributed by atoms with Gasteiger partial charge < -0.3 is 0 Å². The molecule has 0 aromatic heterocycles. The number of halogens is 1. The highest BCUT2D eigenvalue weighted by Gasteiger charge is 2.13. The molecule has 1 aliphatic heterocycles. The van der Waals surface area contributed by atoms with Gasteiger partial charge in [0.15, 0.2) is 0 Å². The lowest BCUT2D eigenvalue weighted by Crippen LogP contribution is -2.32. The lowest BCUT2D eigenvalue weighted by atomic mass is 10.1. The van der Waals surface area contributed by atoms with Gasteiger partial charge in [0, 0.05) is 36.7 Å². The molecule has 0 radical (unpaired) electrons. The molecule has 1 fully saturated rings. The molecule has 1 aromatic rings. The molecule has 0 amide bonds. The van der Waals surface area contributed by atoms with Crippen molar-refractivity contribution >= 4 is 11.8 Å². The van der Waals surface area contributed by atoms with Crippen LogP contribution in [-0.2, 0) is 6.54 Å². The van der Waals surface area contributed by atoms with Gasteiger partial charge in [-0.25, -0.2) is 4.39 Å². The van der Waals surface area contributed by atoms with Crippen LogP contribution in [0.3, 0.4) is 0 Å². The Morgan fingerprint density at radius 1 is 1.38 bits per heavy atom. The molecule has 1 heterocycles. The molecule has 2 nitrogen and oxygen atoms in total. The van der Waals surface area contributed by atoms with Gasteiger partial charge >= 0.3 is 0 Å². The van der Waals surface area contributed by atoms with Gasteiger partial charge in [0.25, 0.3) is 0 Å². The first kappa shape index (κ1) is 11.4. The van der Waals surface area contributed by atoms with Gasteiger partial charge in [-0.3, -0.25) is 4.90 Å². The van der Waals surface area contributed by atoms with E-state index in [0.29, 0.717) is 17.7 Å². The molecule has 1 aromatic carbocycles. The summed E-state index contributed by atoms with van der Waals surface area (Å²) in [5.41, 5.74) is 1.16. The van der Waals surface area contributed by atoms with Gasteiger partial charge in [-0.15, -0.1) is 0 Å². The third-order valence-electron chi connectivity index (χ3n) is 2.67. The van der Waals surface area contributed by atoms with Crippen molar-refractivity contribution in [3.8, 4) is 6.07 Å². The maximum atomic E-state index is 13.5. The Labute approximate surface area is 99.1 Å². The van der Waals surface area contributed by atoms with Crippen LogP contribution < -0.4 is 0 Å². The molecular formula is C12H13FN2S. The number of nitriles is 1. The van der Waals surface area contributed by atoms with Gasteiger partial charge in [0.05, 0.1) is 11.6 Å². The van der Waals surface area contributed by atoms with Crippen molar-refractivity contribution in [2.24, 2.45) is 0 Å². The van der Waals surface area contributed by atoms with Crippen LogP contribution in [-0.4, -0.2) is 29.5 Å². The fourth-order valence-electron chi connectivity index (χ4n) is 1.77. The number of hydrogen-bond donors (Lipinski definition) is 0. The fourth-order valence-corrected chi connectivity index (χ4v) is 2.74. The molecule has 84 valence electrons. The zero-order chi connectivity index (χ0) is 11.4. The van der Waals surface area contributed by atoms with E-state index in [0.717, 1.165) is 24.6 Å². The van der Waals surface area contributed by atoms with Crippen LogP contribution >= 0.6 is 11.8 Å². The monoisotopic (exact) mass is 236 g/mol. The van der Waals surface area contributed by atoms with Crippen LogP contribution in [0.15, 0.2) is 18.2 Å². The van der Waals surface area contributed by atoms with Crippen molar-refractivity contribution in [3.63, 3.8) is 0 Å². The first-order chi connectivity index (χ1) is 7.79. The summed E-state index contributed by atoms with van der Waals surface area (Å²) < 4.78 is 13.5. The van der Waals surface area contributed by atoms with Crippen molar-refractivity contribution < 1.29 is 4.39 Å². The number of nitrogens with zero attached hydrogens (tertiary/aromatic N) is 2. The van der Waals surface area contributed by atoms with Crippen molar-refractivity contribution in [1.82, 2.24) is 4.90 Å². The van der Waals surface area contributed by atoms with Crippen molar-refractivity contribution in [3.05, 3.63) is 35.1 Å². The second kappa shape index (κ2) is 5.33. The molecule has 2 rings (SSSR count). The molecule has 0 saturated carbocycles. The Morgan fingerprint density at radius 2 is 2.12 bits per heavy atom. The maximum absolute atomic E-state index is 13.5. The summed E-state index contributed by atoms with van der Waals surface area (Å²) in [6, 6.07) is 6.59. The minimum Gasteiger partial charge on any atom is -0.297 e. The van der Waals surface area contributed by atoms with E-state index in [1.807, 2.05) is 17.8 Å². The van der Waals surface area contributed by atoms with Gasteiger partial charge in [-0.2, -0.15) is 17.0 Å². The number of hydrogen-bond acceptors (Lipinski definition) is 3. The van der Waals surface area contributed by atoms with Gasteiger partial charge in [-0.05, 0) is 18.2 Å². The predicted molar refractivity (Wildman–Crippen MR) is 63.7 cm³/mol. The van der Waals surface area contributed by atoms with E-state index in [9.17, 15) is 4.39 Å². The Kier molecular flexibility index (Phi) is 3.81. The number of benzene rings is 1. The minimum atomic E-state index is -0.211. The maximum Gasteiger partial charge on any atom is 0.127 e. The molecule has 16 heavy (non-hydrogen) atoms. The molecule has 0 aliphatic carbocycles. The molecule has 0 atom stereocenters. The number of rotatable bonds is 2. The second-order valence-electron chi connectivity index (χ2n) is 3.81. The standard InChI is InChI=1S/C12H13FN2S/c13-12-2-1-10(8-14)7-11(12)9-15-3-5-16-6-4-15/h1-2,7H,3-6,9H2. The van der Waals surface area contributed by atoms with E-state index in [2.05, 4.69) is 4.90 Å². The lowest BCUT2D eigenvalue weighted by Gasteiger charge is -2.26. The van der Waals surface area contributed by atoms with Crippen LogP contribution in [0, 0.1) is 17.1 Å². The fraction of sp³-hybridized carbons (Fsp3) is 0.417. The summed E-state index contributed by atoms with van der Waals surface area (Å²) in [7, 11) is 0. The summed E-state index contributed by atoms with van der Waals surface area (Å²) in [6.07, 6.45) is 0. The normalized spacial score (nSPS) is 17.0. The largest absolute Gasteiger partial charge is 0.297 e. The highest BCUT2D eigenvalue weighted by molar-refractivity contribution is 7.99. The van der Waals surface area contributed by atoms with E-state index in [-0.39, 0.29) is 5.82 Å². The highest BCUT2D eigenvalue weighted by atomic mass is 32.2. The summed E-state index contributed by atoms with van der Waals surface area (Å²) in [6.45, 7) is 2.61. The smallest absolute Gasteiger partial charge is 0.127 e. The van der Waals surface area contributed by atoms with Crippen LogP contribution in [0.1, 0.15) is 11.1 Å². The zero-order valence-electron chi connectivity index (χ0n) is 8.95. The lowest BCUT2D eigenvalue weighted by molar-refractivity contribution is 0.290. The van der Waals surface area contributed by atoms with Crippen molar-refractivity contribution in [2.45, 2.75) is 6.54 Å². The van der Waals surface area contributed by atoms with Crippen LogP contribution in [0.4, 0.5) is 4.39 Å². The summed E-state index contributed by atoms with van der Waals surface area (Å²) in [4.78, 5) is 2.23. The Hall–Kier alpha value is -1.05. The third kappa shape index (κ3) is 2.75. The van der Waals surface area contributed by atoms with Crippen LogP contribution in [0.5, 0.6) is 0 Å². The van der Waals surface area contributed by atoms with E-state index in [1.54, 1.807) is 6.07 Å². The molecule has 0 bridgehead atoms. The molecule has 0 spiro atoms. The van der Waals surface area contributed by atoms with Crippen LogP contribution in [0.25, 0.3) is 0 Å². The summed E-state index contributed by atoms with van der Waals surface area (Å²) >= 11 is 1.93. The van der Waals surface area contributed by atoms with E-state index < -0.39 is 0 Å². The minimum absolute atomic E-state index is 0.211. The molecule has 0 N–H and O–H groups in total. The van der Waals surface area contributed by atoms with Crippen molar-refractivity contribution in [1.29, 1.82) is 5.26 Å². The van der Waals surface area contributed by atoms with E-state index in [4.69, 9.17) is 5.26 Å². The average molecular weight is 236 g/mol. The zero-order valence-corrected chi connectivity index (χ0v) is 9.76. The molecule has 0 unspecified atom stereocenters. The third-order valence-corrected chi connectivity index (χ3v) is 3.61. The Morgan fingerprint density at radius 3 is 2.81 bits per heavy atom. The molecule has 4 heteroatoms. The van der Waals surface area contributed by atoms with Crippen molar-refractivity contribution in [2.75, 3.05) is 24.6 Å². The molecular weight excluding hydrogens is 223 g/mol. The first-order valence-electron chi connectivity index (χ1n) is 5.28. The van der Waals surface area contributed by atoms with E-state index >= 15 is 0 Å². The first-order valence-corrected chi connectivity index (χ1v) is 6.43. The van der Waals surface area contributed by atoms with Crippen LogP contribution in [0.2, 0.25) is 0 Å². The SMILES string of the molecule is N#Cc1ccc(F)c(CN2CCSCC2)c1. The Bertz CT molecular complexity index is 408. The highest BCUT2D eigenvalue weighted by Crippen LogP contribution is 2.16. The topological polar surface area (TPSA) is 27.0 Å². The Balaban J connectivity index is 2.10. The number of thioether (sulfide) groups is 1. The molecule has 1 aliphatic rings. The molecule has 1 saturated heterocycles. The second-order valence-corrected chi connectivity index (χ2v) is 5.03. The summed E-state index contributed by atoms with van der Waals surface area (Å²) in [5, 5.41) is 8.77. The van der Waals surface area contributed by atoms with Gasteiger partial charge in [-0.1, -0.05) is 0 Å². The van der Waals surface area contributed by atoms with Gasteiger partial charge in [0.1, 0.15) is 5.82 Å². The quantitative estimate of drug-likeness (QED) is 0.788.